The molecule has 0 radical (unpaired) electrons. The molecule has 9 nitrogen and oxygen atoms in total. The van der Waals surface area contributed by atoms with Gasteiger partial charge in [-0.3, -0.25) is 14.5 Å². The van der Waals surface area contributed by atoms with Crippen molar-refractivity contribution in [2.45, 2.75) is 45.8 Å². The van der Waals surface area contributed by atoms with Crippen molar-refractivity contribution in [3.63, 3.8) is 0 Å². The van der Waals surface area contributed by atoms with Crippen LogP contribution in [0.25, 0.3) is 11.1 Å². The highest BCUT2D eigenvalue weighted by molar-refractivity contribution is 6.06. The molecule has 216 valence electrons. The number of hydrogen-bond donors (Lipinski definition) is 4. The Morgan fingerprint density at radius 1 is 1.02 bits per heavy atom. The first-order chi connectivity index (χ1) is 19.9. The lowest BCUT2D eigenvalue weighted by molar-refractivity contribution is 0.0342. The fourth-order valence-electron chi connectivity index (χ4n) is 5.52. The third-order valence-corrected chi connectivity index (χ3v) is 7.86. The van der Waals surface area contributed by atoms with Gasteiger partial charge in [-0.25, -0.2) is 0 Å². The van der Waals surface area contributed by atoms with Crippen LogP contribution < -0.4 is 16.1 Å². The van der Waals surface area contributed by atoms with Crippen LogP contribution in [0.4, 0.5) is 5.69 Å². The maximum Gasteiger partial charge on any atom is 0.252 e. The van der Waals surface area contributed by atoms with Crippen LogP contribution in [0.2, 0.25) is 0 Å². The summed E-state index contributed by atoms with van der Waals surface area (Å²) in [5, 5.41) is 14.7. The molecule has 5 rings (SSSR count). The van der Waals surface area contributed by atoms with Crippen LogP contribution in [0.3, 0.4) is 0 Å². The highest BCUT2D eigenvalue weighted by Crippen LogP contribution is 2.30. The smallest absolute Gasteiger partial charge is 0.252 e. The number of hydrogen-bond acceptors (Lipinski definition) is 7. The Bertz CT molecular complexity index is 1440. The number of carbonyl (C=O) groups excluding carboxylic acids is 1. The third-order valence-electron chi connectivity index (χ3n) is 7.86. The van der Waals surface area contributed by atoms with Crippen LogP contribution in [0.5, 0.6) is 0 Å². The minimum atomic E-state index is -0.330. The Morgan fingerprint density at radius 3 is 2.41 bits per heavy atom. The Morgan fingerprint density at radius 2 is 1.73 bits per heavy atom. The second kappa shape index (κ2) is 13.2. The van der Waals surface area contributed by atoms with E-state index in [-0.39, 0.29) is 23.9 Å². The molecule has 3 heterocycles. The average Bonchev–Trinajstić information content (AvgIpc) is 2.97. The lowest BCUT2D eigenvalue weighted by Crippen LogP contribution is -2.35. The number of aromatic nitrogens is 1. The van der Waals surface area contributed by atoms with Crippen molar-refractivity contribution in [2.75, 3.05) is 44.8 Å². The Labute approximate surface area is 240 Å². The number of aryl methyl sites for hydroxylation is 2. The quantitative estimate of drug-likeness (QED) is 0.295. The van der Waals surface area contributed by atoms with Crippen molar-refractivity contribution in [3.8, 4) is 11.1 Å². The Hall–Kier alpha value is -3.79. The molecule has 0 saturated carbocycles. The molecule has 0 unspecified atom stereocenters. The molecule has 3 aromatic rings. The topological polar surface area (TPSA) is 120 Å². The number of anilines is 1. The predicted molar refractivity (Wildman–Crippen MR) is 161 cm³/mol. The van der Waals surface area contributed by atoms with Crippen molar-refractivity contribution in [1.29, 1.82) is 5.41 Å². The molecule has 2 aliphatic heterocycles. The largest absolute Gasteiger partial charge is 0.382 e. The van der Waals surface area contributed by atoms with Gasteiger partial charge in [0, 0.05) is 85.9 Å². The summed E-state index contributed by atoms with van der Waals surface area (Å²) in [7, 11) is 0. The number of benzene rings is 2. The van der Waals surface area contributed by atoms with E-state index < -0.39 is 0 Å². The van der Waals surface area contributed by atoms with E-state index >= 15 is 0 Å². The van der Waals surface area contributed by atoms with E-state index in [4.69, 9.17) is 14.9 Å². The number of nitrogens with one attached hydrogen (secondary N) is 4. The SMILES string of the molecule is Cc1cc(=O)c(CNC(=O)c2cc(-c3ccc(CN4CCOCC4)cc3)cc(NC3CCOCC3)c2C=N)c(C)[nH]1. The average molecular weight is 558 g/mol. The van der Waals surface area contributed by atoms with E-state index in [2.05, 4.69) is 44.8 Å². The van der Waals surface area contributed by atoms with Gasteiger partial charge >= 0.3 is 0 Å². The summed E-state index contributed by atoms with van der Waals surface area (Å²) in [5.74, 6) is -0.330. The van der Waals surface area contributed by atoms with Gasteiger partial charge in [-0.05, 0) is 55.5 Å². The Kier molecular flexibility index (Phi) is 9.28. The summed E-state index contributed by atoms with van der Waals surface area (Å²) in [6.07, 6.45) is 2.94. The van der Waals surface area contributed by atoms with Gasteiger partial charge in [-0.2, -0.15) is 0 Å². The standard InChI is InChI=1S/C32H39N5O4/c1-21-15-31(38)29(22(2)35-21)19-34-32(39)27-16-25(17-30(28(27)18-33)36-26-7-11-40-12-8-26)24-5-3-23(4-6-24)20-37-9-13-41-14-10-37/h3-6,15-18,26,33,36H,7-14,19-20H2,1-2H3,(H,34,39)(H,35,38). The summed E-state index contributed by atoms with van der Waals surface area (Å²) >= 11 is 0. The van der Waals surface area contributed by atoms with E-state index in [9.17, 15) is 9.59 Å². The highest BCUT2D eigenvalue weighted by Gasteiger charge is 2.21. The van der Waals surface area contributed by atoms with E-state index in [1.807, 2.05) is 26.0 Å². The maximum atomic E-state index is 13.6. The highest BCUT2D eigenvalue weighted by atomic mass is 16.5. The number of amides is 1. The lowest BCUT2D eigenvalue weighted by Gasteiger charge is -2.26. The monoisotopic (exact) mass is 557 g/mol. The van der Waals surface area contributed by atoms with E-state index in [0.29, 0.717) is 29.9 Å². The van der Waals surface area contributed by atoms with Crippen LogP contribution in [-0.2, 0) is 22.6 Å². The van der Waals surface area contributed by atoms with Crippen LogP contribution in [0.1, 0.15) is 51.3 Å². The Balaban J connectivity index is 1.44. The zero-order chi connectivity index (χ0) is 28.8. The fourth-order valence-corrected chi connectivity index (χ4v) is 5.52. The minimum absolute atomic E-state index is 0.0981. The third kappa shape index (κ3) is 7.11. The molecule has 2 fully saturated rings. The molecule has 0 spiro atoms. The van der Waals surface area contributed by atoms with E-state index in [0.717, 1.165) is 73.9 Å². The molecule has 2 aromatic carbocycles. The summed E-state index contributed by atoms with van der Waals surface area (Å²) < 4.78 is 11.0. The molecule has 9 heteroatoms. The second-order valence-electron chi connectivity index (χ2n) is 10.8. The van der Waals surface area contributed by atoms with Crippen LogP contribution in [-0.4, -0.2) is 67.6 Å². The minimum Gasteiger partial charge on any atom is -0.382 e. The van der Waals surface area contributed by atoms with Crippen LogP contribution >= 0.6 is 0 Å². The van der Waals surface area contributed by atoms with Gasteiger partial charge in [0.1, 0.15) is 0 Å². The number of aromatic amines is 1. The number of morpholine rings is 1. The number of rotatable bonds is 9. The lowest BCUT2D eigenvalue weighted by atomic mass is 9.95. The van der Waals surface area contributed by atoms with Gasteiger partial charge in [0.15, 0.2) is 5.43 Å². The molecule has 4 N–H and O–H groups in total. The first kappa shape index (κ1) is 28.7. The van der Waals surface area contributed by atoms with Crippen molar-refractivity contribution < 1.29 is 14.3 Å². The van der Waals surface area contributed by atoms with Gasteiger partial charge in [-0.1, -0.05) is 24.3 Å². The molecule has 2 aliphatic rings. The summed E-state index contributed by atoms with van der Waals surface area (Å²) in [5.41, 5.74) is 6.69. The number of carbonyl (C=O) groups is 1. The zero-order valence-corrected chi connectivity index (χ0v) is 23.8. The molecular formula is C32H39N5O4. The van der Waals surface area contributed by atoms with Crippen LogP contribution in [0.15, 0.2) is 47.3 Å². The molecular weight excluding hydrogens is 518 g/mol. The molecule has 0 atom stereocenters. The molecule has 0 aliphatic carbocycles. The van der Waals surface area contributed by atoms with Crippen molar-refractivity contribution in [2.24, 2.45) is 0 Å². The van der Waals surface area contributed by atoms with Gasteiger partial charge in [0.25, 0.3) is 5.91 Å². The number of ether oxygens (including phenoxy) is 2. The first-order valence-corrected chi connectivity index (χ1v) is 14.3. The molecule has 1 amide bonds. The second-order valence-corrected chi connectivity index (χ2v) is 10.8. The summed E-state index contributed by atoms with van der Waals surface area (Å²) in [4.78, 5) is 31.7. The molecule has 1 aromatic heterocycles. The number of pyridine rings is 1. The maximum absolute atomic E-state index is 13.6. The van der Waals surface area contributed by atoms with Crippen molar-refractivity contribution in [1.82, 2.24) is 15.2 Å². The number of H-pyrrole nitrogens is 1. The molecule has 0 bridgehead atoms. The van der Waals surface area contributed by atoms with E-state index in [1.165, 1.54) is 17.8 Å². The van der Waals surface area contributed by atoms with Crippen molar-refractivity contribution >= 4 is 17.8 Å². The summed E-state index contributed by atoms with van der Waals surface area (Å²) in [6, 6.07) is 14.0. The fraction of sp³-hybridized carbons (Fsp3) is 0.406. The first-order valence-electron chi connectivity index (χ1n) is 14.3. The van der Waals surface area contributed by atoms with Gasteiger partial charge in [0.2, 0.25) is 0 Å². The van der Waals surface area contributed by atoms with Crippen molar-refractivity contribution in [3.05, 3.63) is 86.3 Å². The normalized spacial score (nSPS) is 16.3. The molecule has 2 saturated heterocycles. The summed E-state index contributed by atoms with van der Waals surface area (Å²) in [6.45, 7) is 9.39. The van der Waals surface area contributed by atoms with Gasteiger partial charge < -0.3 is 30.5 Å². The van der Waals surface area contributed by atoms with Crippen LogP contribution in [0, 0.1) is 19.3 Å². The van der Waals surface area contributed by atoms with E-state index in [1.54, 1.807) is 0 Å². The molecule has 41 heavy (non-hydrogen) atoms. The van der Waals surface area contributed by atoms with Gasteiger partial charge in [0.05, 0.1) is 18.8 Å². The van der Waals surface area contributed by atoms with Gasteiger partial charge in [-0.15, -0.1) is 0 Å². The zero-order valence-electron chi connectivity index (χ0n) is 23.8. The number of nitrogens with zero attached hydrogens (tertiary/aromatic N) is 1. The predicted octanol–water partition coefficient (Wildman–Crippen LogP) is 4.01.